The highest BCUT2D eigenvalue weighted by atomic mass is 16.4. The van der Waals surface area contributed by atoms with Crippen molar-refractivity contribution in [2.24, 2.45) is 0 Å². The lowest BCUT2D eigenvalue weighted by molar-refractivity contribution is -0.186. The van der Waals surface area contributed by atoms with Crippen LogP contribution in [-0.2, 0) is 4.79 Å². The highest BCUT2D eigenvalue weighted by molar-refractivity contribution is 5.77. The fourth-order valence-corrected chi connectivity index (χ4v) is 0.777. The molecule has 0 bridgehead atoms. The number of carboxylic acids is 1. The maximum atomic E-state index is 10.4. The Morgan fingerprint density at radius 3 is 2.07 bits per heavy atom. The molecular weight excluding hydrogens is 196 g/mol. The molecule has 84 valence electrons. The molecule has 4 unspecified atom stereocenters. The van der Waals surface area contributed by atoms with Gasteiger partial charge in [-0.2, -0.15) is 0 Å². The van der Waals surface area contributed by atoms with Crippen molar-refractivity contribution in [3.63, 3.8) is 0 Å². The fraction of sp³-hybridized carbons (Fsp3) is 0.857. The van der Waals surface area contributed by atoms with Gasteiger partial charge in [-0.1, -0.05) is 0 Å². The number of aliphatic hydroxyl groups excluding tert-OH is 4. The first-order valence-corrected chi connectivity index (χ1v) is 3.86. The van der Waals surface area contributed by atoms with Gasteiger partial charge in [0.2, 0.25) is 0 Å². The third-order valence-electron chi connectivity index (χ3n) is 1.91. The topological polar surface area (TPSA) is 138 Å². The number of hydrogen-bond acceptors (Lipinski definition) is 6. The van der Waals surface area contributed by atoms with Gasteiger partial charge in [0.25, 0.3) is 0 Å². The summed E-state index contributed by atoms with van der Waals surface area (Å²) in [7, 11) is 0. The van der Waals surface area contributed by atoms with E-state index in [-0.39, 0.29) is 0 Å². The summed E-state index contributed by atoms with van der Waals surface area (Å²) in [5.74, 6) is -1.74. The summed E-state index contributed by atoms with van der Waals surface area (Å²) in [6.45, 7) is -0.0821. The van der Waals surface area contributed by atoms with Crippen LogP contribution >= 0.6 is 0 Å². The number of rotatable bonds is 5. The first-order valence-electron chi connectivity index (χ1n) is 3.86. The first kappa shape index (κ1) is 13.3. The molecule has 0 aromatic heterocycles. The molecule has 0 heterocycles. The second-order valence-electron chi connectivity index (χ2n) is 3.14. The monoisotopic (exact) mass is 210 g/mol. The average Bonchev–Trinajstić information content (AvgIpc) is 2.13. The molecule has 0 rings (SSSR count). The van der Waals surface area contributed by atoms with Gasteiger partial charge < -0.3 is 30.6 Å². The zero-order valence-electron chi connectivity index (χ0n) is 7.53. The van der Waals surface area contributed by atoms with Crippen molar-refractivity contribution >= 4 is 5.97 Å². The van der Waals surface area contributed by atoms with Crippen LogP contribution in [0.4, 0.5) is 0 Å². The van der Waals surface area contributed by atoms with Crippen molar-refractivity contribution in [3.8, 4) is 0 Å². The Kier molecular flexibility index (Phi) is 4.43. The summed E-state index contributed by atoms with van der Waals surface area (Å²) in [5, 5.41) is 53.2. The van der Waals surface area contributed by atoms with Gasteiger partial charge in [-0.3, -0.25) is 0 Å². The van der Waals surface area contributed by atoms with Gasteiger partial charge in [-0.25, -0.2) is 4.79 Å². The van der Waals surface area contributed by atoms with E-state index in [2.05, 4.69) is 0 Å². The SMILES string of the molecule is CC(O)(C(=O)O)C(O)C(O)C(O)CO. The predicted molar refractivity (Wildman–Crippen MR) is 43.4 cm³/mol. The molecule has 0 fully saturated rings. The predicted octanol–water partition coefficient (Wildman–Crippen LogP) is -3.10. The van der Waals surface area contributed by atoms with Gasteiger partial charge in [-0.15, -0.1) is 0 Å². The molecule has 6 N–H and O–H groups in total. The molecule has 0 spiro atoms. The van der Waals surface area contributed by atoms with Crippen molar-refractivity contribution < 1.29 is 35.4 Å². The Bertz CT molecular complexity index is 202. The molecule has 0 saturated carbocycles. The zero-order chi connectivity index (χ0) is 11.5. The van der Waals surface area contributed by atoms with Crippen LogP contribution in [0.15, 0.2) is 0 Å². The lowest BCUT2D eigenvalue weighted by Gasteiger charge is -2.30. The number of aliphatic hydroxyl groups is 5. The Labute approximate surface area is 79.9 Å². The second kappa shape index (κ2) is 4.67. The first-order chi connectivity index (χ1) is 6.25. The van der Waals surface area contributed by atoms with E-state index < -0.39 is 36.5 Å². The molecule has 0 aliphatic heterocycles. The number of carbonyl (C=O) groups is 1. The summed E-state index contributed by atoms with van der Waals surface area (Å²) in [5.41, 5.74) is -2.59. The molecule has 14 heavy (non-hydrogen) atoms. The van der Waals surface area contributed by atoms with Crippen LogP contribution in [0, 0.1) is 0 Å². The van der Waals surface area contributed by atoms with Crippen LogP contribution in [-0.4, -0.2) is 67.1 Å². The summed E-state index contributed by atoms with van der Waals surface area (Å²) in [4.78, 5) is 10.4. The van der Waals surface area contributed by atoms with Gasteiger partial charge in [0, 0.05) is 0 Å². The van der Waals surface area contributed by atoms with Crippen LogP contribution in [0.5, 0.6) is 0 Å². The standard InChI is InChI=1S/C7H14O7/c1-7(14,6(12)13)5(11)4(10)3(9)2-8/h3-5,8-11,14H,2H2,1H3,(H,12,13). The third kappa shape index (κ3) is 2.63. The molecular formula is C7H14O7. The van der Waals surface area contributed by atoms with E-state index in [1.165, 1.54) is 0 Å². The molecule has 4 atom stereocenters. The van der Waals surface area contributed by atoms with Gasteiger partial charge in [0.15, 0.2) is 5.60 Å². The van der Waals surface area contributed by atoms with E-state index in [0.29, 0.717) is 0 Å². The lowest BCUT2D eigenvalue weighted by atomic mass is 9.92. The minimum Gasteiger partial charge on any atom is -0.479 e. The van der Waals surface area contributed by atoms with Crippen LogP contribution in [0.2, 0.25) is 0 Å². The van der Waals surface area contributed by atoms with E-state index in [0.717, 1.165) is 6.92 Å². The van der Waals surface area contributed by atoms with E-state index in [1.807, 2.05) is 0 Å². The van der Waals surface area contributed by atoms with E-state index in [9.17, 15) is 9.90 Å². The van der Waals surface area contributed by atoms with Crippen molar-refractivity contribution in [1.82, 2.24) is 0 Å². The molecule has 7 heteroatoms. The van der Waals surface area contributed by atoms with Crippen molar-refractivity contribution in [2.45, 2.75) is 30.8 Å². The van der Waals surface area contributed by atoms with Crippen molar-refractivity contribution in [2.75, 3.05) is 6.61 Å². The minimum atomic E-state index is -2.59. The van der Waals surface area contributed by atoms with Crippen LogP contribution in [0.3, 0.4) is 0 Å². The highest BCUT2D eigenvalue weighted by Crippen LogP contribution is 2.15. The molecule has 0 saturated heterocycles. The summed E-state index contributed by atoms with van der Waals surface area (Å²) in [6, 6.07) is 0. The Balaban J connectivity index is 4.60. The Morgan fingerprint density at radius 2 is 1.79 bits per heavy atom. The van der Waals surface area contributed by atoms with Gasteiger partial charge >= 0.3 is 5.97 Å². The van der Waals surface area contributed by atoms with Gasteiger partial charge in [-0.05, 0) is 6.92 Å². The summed E-state index contributed by atoms with van der Waals surface area (Å²) >= 11 is 0. The number of aliphatic carboxylic acids is 1. The Hall–Kier alpha value is -0.730. The van der Waals surface area contributed by atoms with Crippen LogP contribution in [0.1, 0.15) is 6.92 Å². The molecule has 0 aliphatic carbocycles. The highest BCUT2D eigenvalue weighted by Gasteiger charge is 2.44. The molecule has 0 aliphatic rings. The van der Waals surface area contributed by atoms with Crippen LogP contribution in [0.25, 0.3) is 0 Å². The second-order valence-corrected chi connectivity index (χ2v) is 3.14. The van der Waals surface area contributed by atoms with Gasteiger partial charge in [0.05, 0.1) is 6.61 Å². The molecule has 0 radical (unpaired) electrons. The Morgan fingerprint density at radius 1 is 1.36 bits per heavy atom. The summed E-state index contributed by atoms with van der Waals surface area (Å²) < 4.78 is 0. The maximum absolute atomic E-state index is 10.4. The maximum Gasteiger partial charge on any atom is 0.338 e. The quantitative estimate of drug-likeness (QED) is 0.282. The summed E-state index contributed by atoms with van der Waals surface area (Å²) in [6.07, 6.45) is -5.75. The minimum absolute atomic E-state index is 0.771. The molecule has 0 aromatic carbocycles. The van der Waals surface area contributed by atoms with Crippen LogP contribution < -0.4 is 0 Å². The molecule has 0 aromatic rings. The average molecular weight is 210 g/mol. The van der Waals surface area contributed by atoms with E-state index in [1.54, 1.807) is 0 Å². The molecule has 0 amide bonds. The third-order valence-corrected chi connectivity index (χ3v) is 1.91. The number of hydrogen-bond donors (Lipinski definition) is 6. The van der Waals surface area contributed by atoms with Crippen molar-refractivity contribution in [3.05, 3.63) is 0 Å². The number of carboxylic acid groups (broad SMARTS) is 1. The molecule has 7 nitrogen and oxygen atoms in total. The smallest absolute Gasteiger partial charge is 0.338 e. The normalized spacial score (nSPS) is 22.1. The largest absolute Gasteiger partial charge is 0.479 e. The fourth-order valence-electron chi connectivity index (χ4n) is 0.777. The van der Waals surface area contributed by atoms with E-state index in [4.69, 9.17) is 25.5 Å². The van der Waals surface area contributed by atoms with E-state index >= 15 is 0 Å². The van der Waals surface area contributed by atoms with Gasteiger partial charge in [0.1, 0.15) is 18.3 Å². The lowest BCUT2D eigenvalue weighted by Crippen LogP contribution is -2.56. The van der Waals surface area contributed by atoms with Crippen molar-refractivity contribution in [1.29, 1.82) is 0 Å². The zero-order valence-corrected chi connectivity index (χ0v) is 7.53.